The molecule has 2 rings (SSSR count). The molecular formula is C14H27NO3. The van der Waals surface area contributed by atoms with Crippen molar-refractivity contribution in [1.29, 1.82) is 0 Å². The summed E-state index contributed by atoms with van der Waals surface area (Å²) in [5.41, 5.74) is -0.439. The quantitative estimate of drug-likeness (QED) is 0.692. The Balaban J connectivity index is 1.79. The van der Waals surface area contributed by atoms with Crippen LogP contribution in [0.4, 0.5) is 0 Å². The molecule has 1 aliphatic heterocycles. The molecule has 0 radical (unpaired) electrons. The lowest BCUT2D eigenvalue weighted by Crippen LogP contribution is -2.51. The number of rotatable bonds is 5. The molecule has 1 heterocycles. The monoisotopic (exact) mass is 257 g/mol. The molecule has 106 valence electrons. The van der Waals surface area contributed by atoms with Crippen LogP contribution in [0.2, 0.25) is 0 Å². The largest absolute Gasteiger partial charge is 0.394 e. The zero-order valence-electron chi connectivity index (χ0n) is 11.5. The molecule has 4 heteroatoms. The summed E-state index contributed by atoms with van der Waals surface area (Å²) in [5.74, 6) is 0. The van der Waals surface area contributed by atoms with Gasteiger partial charge in [0.2, 0.25) is 0 Å². The first-order valence-corrected chi connectivity index (χ1v) is 7.26. The molecule has 2 aliphatic rings. The molecule has 1 unspecified atom stereocenters. The molecule has 0 bridgehead atoms. The highest BCUT2D eigenvalue weighted by Gasteiger charge is 2.41. The smallest absolute Gasteiger partial charge is 0.0708 e. The maximum absolute atomic E-state index is 9.24. The fourth-order valence-corrected chi connectivity index (χ4v) is 3.13. The molecule has 1 atom stereocenters. The summed E-state index contributed by atoms with van der Waals surface area (Å²) in [5, 5.41) is 21.7. The summed E-state index contributed by atoms with van der Waals surface area (Å²) < 4.78 is 6.25. The van der Waals surface area contributed by atoms with Gasteiger partial charge in [-0.1, -0.05) is 19.3 Å². The molecule has 1 aliphatic carbocycles. The highest BCUT2D eigenvalue weighted by molar-refractivity contribution is 4.93. The van der Waals surface area contributed by atoms with Crippen molar-refractivity contribution in [2.24, 2.45) is 0 Å². The van der Waals surface area contributed by atoms with Crippen molar-refractivity contribution in [1.82, 2.24) is 5.32 Å². The second-order valence-corrected chi connectivity index (χ2v) is 6.28. The van der Waals surface area contributed by atoms with Crippen LogP contribution in [-0.2, 0) is 4.74 Å². The molecule has 0 amide bonds. The van der Waals surface area contributed by atoms with Crippen molar-refractivity contribution in [2.45, 2.75) is 69.1 Å². The van der Waals surface area contributed by atoms with Gasteiger partial charge < -0.3 is 20.3 Å². The number of hydrogen-bond acceptors (Lipinski definition) is 4. The summed E-state index contributed by atoms with van der Waals surface area (Å²) >= 11 is 0. The Morgan fingerprint density at radius 1 is 1.17 bits per heavy atom. The summed E-state index contributed by atoms with van der Waals surface area (Å²) in [7, 11) is 0. The van der Waals surface area contributed by atoms with E-state index < -0.39 is 5.54 Å². The fraction of sp³-hybridized carbons (Fsp3) is 1.00. The van der Waals surface area contributed by atoms with Crippen molar-refractivity contribution in [2.75, 3.05) is 19.8 Å². The Morgan fingerprint density at radius 3 is 2.44 bits per heavy atom. The van der Waals surface area contributed by atoms with Crippen LogP contribution in [0.5, 0.6) is 0 Å². The predicted molar refractivity (Wildman–Crippen MR) is 70.5 cm³/mol. The maximum atomic E-state index is 9.24. The SMILES string of the molecule is CC(CO)(CO)NCC1CCC2(CCCCC2)O1. The third-order valence-corrected chi connectivity index (χ3v) is 4.56. The molecule has 18 heavy (non-hydrogen) atoms. The van der Waals surface area contributed by atoms with E-state index in [2.05, 4.69) is 5.32 Å². The Hall–Kier alpha value is -0.160. The lowest BCUT2D eigenvalue weighted by molar-refractivity contribution is -0.0654. The van der Waals surface area contributed by atoms with E-state index in [1.165, 1.54) is 38.5 Å². The molecule has 0 aromatic rings. The number of hydrogen-bond donors (Lipinski definition) is 3. The van der Waals surface area contributed by atoms with Crippen LogP contribution in [0.3, 0.4) is 0 Å². The van der Waals surface area contributed by atoms with Gasteiger partial charge in [-0.25, -0.2) is 0 Å². The van der Waals surface area contributed by atoms with E-state index in [1.54, 1.807) is 0 Å². The van der Waals surface area contributed by atoms with E-state index in [-0.39, 0.29) is 24.9 Å². The second-order valence-electron chi connectivity index (χ2n) is 6.28. The Morgan fingerprint density at radius 2 is 1.83 bits per heavy atom. The van der Waals surface area contributed by atoms with E-state index >= 15 is 0 Å². The lowest BCUT2D eigenvalue weighted by atomic mass is 9.83. The van der Waals surface area contributed by atoms with Crippen LogP contribution < -0.4 is 5.32 Å². The average molecular weight is 257 g/mol. The van der Waals surface area contributed by atoms with Crippen LogP contribution in [0.25, 0.3) is 0 Å². The first kappa shape index (κ1) is 14.3. The van der Waals surface area contributed by atoms with Crippen molar-refractivity contribution >= 4 is 0 Å². The van der Waals surface area contributed by atoms with Gasteiger partial charge in [0.05, 0.1) is 30.5 Å². The van der Waals surface area contributed by atoms with Gasteiger partial charge in [-0.05, 0) is 32.6 Å². The summed E-state index contributed by atoms with van der Waals surface area (Å²) in [4.78, 5) is 0. The highest BCUT2D eigenvalue weighted by Crippen LogP contribution is 2.41. The molecule has 0 aromatic carbocycles. The van der Waals surface area contributed by atoms with E-state index in [0.717, 1.165) is 13.0 Å². The summed E-state index contributed by atoms with van der Waals surface area (Å²) in [6.45, 7) is 2.44. The summed E-state index contributed by atoms with van der Waals surface area (Å²) in [6, 6.07) is 0. The van der Waals surface area contributed by atoms with Gasteiger partial charge in [-0.3, -0.25) is 0 Å². The van der Waals surface area contributed by atoms with Gasteiger partial charge >= 0.3 is 0 Å². The first-order chi connectivity index (χ1) is 8.61. The Bertz CT molecular complexity index is 260. The minimum absolute atomic E-state index is 0.0542. The van der Waals surface area contributed by atoms with E-state index in [0.29, 0.717) is 0 Å². The zero-order chi connectivity index (χ0) is 13.1. The van der Waals surface area contributed by atoms with E-state index in [1.807, 2.05) is 6.92 Å². The normalized spacial score (nSPS) is 27.8. The predicted octanol–water partition coefficient (Wildman–Crippen LogP) is 1.20. The number of aliphatic hydroxyl groups is 2. The van der Waals surface area contributed by atoms with Crippen LogP contribution in [0, 0.1) is 0 Å². The molecule has 4 nitrogen and oxygen atoms in total. The molecule has 1 saturated heterocycles. The number of ether oxygens (including phenoxy) is 1. The standard InChI is InChI=1S/C14H27NO3/c1-13(10-16,11-17)15-9-12-5-8-14(18-12)6-3-2-4-7-14/h12,15-17H,2-11H2,1H3. The second kappa shape index (κ2) is 5.87. The van der Waals surface area contributed by atoms with Gasteiger partial charge in [0, 0.05) is 6.54 Å². The number of aliphatic hydroxyl groups excluding tert-OH is 2. The van der Waals surface area contributed by atoms with E-state index in [9.17, 15) is 10.2 Å². The van der Waals surface area contributed by atoms with Gasteiger partial charge in [-0.2, -0.15) is 0 Å². The molecule has 0 aromatic heterocycles. The van der Waals surface area contributed by atoms with Crippen molar-refractivity contribution in [3.8, 4) is 0 Å². The summed E-state index contributed by atoms with van der Waals surface area (Å²) in [6.07, 6.45) is 8.87. The molecule has 2 fully saturated rings. The van der Waals surface area contributed by atoms with Crippen molar-refractivity contribution in [3.05, 3.63) is 0 Å². The minimum atomic E-state index is -0.592. The third kappa shape index (κ3) is 3.23. The van der Waals surface area contributed by atoms with E-state index in [4.69, 9.17) is 4.74 Å². The van der Waals surface area contributed by atoms with Gasteiger partial charge in [-0.15, -0.1) is 0 Å². The third-order valence-electron chi connectivity index (χ3n) is 4.56. The lowest BCUT2D eigenvalue weighted by Gasteiger charge is -2.34. The van der Waals surface area contributed by atoms with Gasteiger partial charge in [0.15, 0.2) is 0 Å². The number of nitrogens with one attached hydrogen (secondary N) is 1. The van der Waals surface area contributed by atoms with Crippen molar-refractivity contribution in [3.63, 3.8) is 0 Å². The van der Waals surface area contributed by atoms with Crippen LogP contribution >= 0.6 is 0 Å². The average Bonchev–Trinajstić information content (AvgIpc) is 2.80. The maximum Gasteiger partial charge on any atom is 0.0708 e. The Kier molecular flexibility index (Phi) is 4.64. The first-order valence-electron chi connectivity index (χ1n) is 7.26. The van der Waals surface area contributed by atoms with Crippen LogP contribution in [-0.4, -0.2) is 47.2 Å². The molecule has 1 spiro atoms. The molecule has 1 saturated carbocycles. The fourth-order valence-electron chi connectivity index (χ4n) is 3.13. The van der Waals surface area contributed by atoms with Crippen LogP contribution in [0.1, 0.15) is 51.9 Å². The minimum Gasteiger partial charge on any atom is -0.394 e. The highest BCUT2D eigenvalue weighted by atomic mass is 16.5. The zero-order valence-corrected chi connectivity index (χ0v) is 11.5. The van der Waals surface area contributed by atoms with Crippen LogP contribution in [0.15, 0.2) is 0 Å². The van der Waals surface area contributed by atoms with Gasteiger partial charge in [0.1, 0.15) is 0 Å². The van der Waals surface area contributed by atoms with Gasteiger partial charge in [0.25, 0.3) is 0 Å². The molecular weight excluding hydrogens is 230 g/mol. The molecule has 3 N–H and O–H groups in total. The van der Waals surface area contributed by atoms with Crippen molar-refractivity contribution < 1.29 is 14.9 Å². The topological polar surface area (TPSA) is 61.7 Å². The Labute approximate surface area is 110 Å².